The summed E-state index contributed by atoms with van der Waals surface area (Å²) in [6, 6.07) is 4.80. The molecule has 0 aliphatic carbocycles. The van der Waals surface area contributed by atoms with Crippen LogP contribution < -0.4 is 5.32 Å². The summed E-state index contributed by atoms with van der Waals surface area (Å²) in [4.78, 5) is 25.5. The number of anilines is 1. The number of amides is 2. The van der Waals surface area contributed by atoms with Gasteiger partial charge in [-0.05, 0) is 37.0 Å². The number of urea groups is 1. The Morgan fingerprint density at radius 1 is 1.43 bits per heavy atom. The van der Waals surface area contributed by atoms with E-state index in [0.717, 1.165) is 12.8 Å². The fraction of sp³-hybridized carbons (Fsp3) is 0.467. The molecule has 0 aromatic heterocycles. The molecule has 2 N–H and O–H groups in total. The lowest BCUT2D eigenvalue weighted by Gasteiger charge is -2.28. The SMILES string of the molecule is CC(C)C1CCCN1C(=O)Nc1ccc(Br)cc1C(=O)O. The van der Waals surface area contributed by atoms with Crippen LogP contribution in [0.1, 0.15) is 37.0 Å². The summed E-state index contributed by atoms with van der Waals surface area (Å²) in [5.74, 6) is -0.671. The summed E-state index contributed by atoms with van der Waals surface area (Å²) in [5, 5.41) is 12.0. The molecule has 5 nitrogen and oxygen atoms in total. The van der Waals surface area contributed by atoms with Crippen molar-refractivity contribution < 1.29 is 14.7 Å². The highest BCUT2D eigenvalue weighted by molar-refractivity contribution is 9.10. The lowest BCUT2D eigenvalue weighted by atomic mass is 10.0. The average Bonchev–Trinajstić information content (AvgIpc) is 2.90. The molecule has 1 saturated heterocycles. The molecule has 0 saturated carbocycles. The van der Waals surface area contributed by atoms with Crippen LogP contribution in [0.15, 0.2) is 22.7 Å². The fourth-order valence-electron chi connectivity index (χ4n) is 2.73. The predicted octanol–water partition coefficient (Wildman–Crippen LogP) is 3.80. The summed E-state index contributed by atoms with van der Waals surface area (Å²) >= 11 is 3.24. The topological polar surface area (TPSA) is 69.6 Å². The van der Waals surface area contributed by atoms with E-state index in [-0.39, 0.29) is 17.6 Å². The monoisotopic (exact) mass is 354 g/mol. The summed E-state index contributed by atoms with van der Waals surface area (Å²) < 4.78 is 0.666. The molecule has 1 aliphatic rings. The number of rotatable bonds is 3. The Morgan fingerprint density at radius 3 is 2.76 bits per heavy atom. The molecule has 0 spiro atoms. The molecule has 1 aromatic rings. The maximum atomic E-state index is 12.4. The predicted molar refractivity (Wildman–Crippen MR) is 84.7 cm³/mol. The summed E-state index contributed by atoms with van der Waals surface area (Å²) in [5.41, 5.74) is 0.406. The molecule has 2 amide bonds. The first-order valence-corrected chi connectivity index (χ1v) is 7.80. The molecule has 1 heterocycles. The molecule has 1 aromatic carbocycles. The zero-order chi connectivity index (χ0) is 15.6. The maximum Gasteiger partial charge on any atom is 0.337 e. The number of hydrogen-bond donors (Lipinski definition) is 2. The van der Waals surface area contributed by atoms with Gasteiger partial charge in [-0.25, -0.2) is 9.59 Å². The van der Waals surface area contributed by atoms with Crippen molar-refractivity contribution in [1.82, 2.24) is 4.90 Å². The largest absolute Gasteiger partial charge is 0.478 e. The van der Waals surface area contributed by atoms with Gasteiger partial charge in [0.25, 0.3) is 0 Å². The van der Waals surface area contributed by atoms with E-state index in [1.165, 1.54) is 6.07 Å². The number of carbonyl (C=O) groups excluding carboxylic acids is 1. The number of nitrogens with one attached hydrogen (secondary N) is 1. The Balaban J connectivity index is 2.18. The maximum absolute atomic E-state index is 12.4. The molecule has 1 atom stereocenters. The molecule has 1 fully saturated rings. The van der Waals surface area contributed by atoms with Crippen LogP contribution in [0, 0.1) is 5.92 Å². The van der Waals surface area contributed by atoms with Crippen LogP contribution in [-0.2, 0) is 0 Å². The fourth-order valence-corrected chi connectivity index (χ4v) is 3.09. The first kappa shape index (κ1) is 15.8. The Bertz CT molecular complexity index is 560. The van der Waals surface area contributed by atoms with Crippen LogP contribution >= 0.6 is 15.9 Å². The number of halogens is 1. The molecule has 0 bridgehead atoms. The smallest absolute Gasteiger partial charge is 0.337 e. The second-order valence-electron chi connectivity index (χ2n) is 5.57. The van der Waals surface area contributed by atoms with E-state index in [4.69, 9.17) is 0 Å². The first-order valence-electron chi connectivity index (χ1n) is 7.00. The summed E-state index contributed by atoms with van der Waals surface area (Å²) in [6.45, 7) is 4.91. The van der Waals surface area contributed by atoms with Gasteiger partial charge in [-0.15, -0.1) is 0 Å². The van der Waals surface area contributed by atoms with Crippen molar-refractivity contribution in [2.24, 2.45) is 5.92 Å². The first-order chi connectivity index (χ1) is 9.90. The highest BCUT2D eigenvalue weighted by atomic mass is 79.9. The van der Waals surface area contributed by atoms with Crippen molar-refractivity contribution in [3.05, 3.63) is 28.2 Å². The third-order valence-electron chi connectivity index (χ3n) is 3.78. The standard InChI is InChI=1S/C15H19BrN2O3/c1-9(2)13-4-3-7-18(13)15(21)17-12-6-5-10(16)8-11(12)14(19)20/h5-6,8-9,13H,3-4,7H2,1-2H3,(H,17,21)(H,19,20). The normalized spacial score (nSPS) is 18.1. The van der Waals surface area contributed by atoms with E-state index >= 15 is 0 Å². The van der Waals surface area contributed by atoms with Crippen molar-refractivity contribution in [1.29, 1.82) is 0 Å². The van der Waals surface area contributed by atoms with Crippen molar-refractivity contribution in [3.63, 3.8) is 0 Å². The number of likely N-dealkylation sites (tertiary alicyclic amines) is 1. The van der Waals surface area contributed by atoms with Gasteiger partial charge in [0.2, 0.25) is 0 Å². The Hall–Kier alpha value is -1.56. The van der Waals surface area contributed by atoms with E-state index in [1.807, 2.05) is 0 Å². The van der Waals surface area contributed by atoms with Gasteiger partial charge < -0.3 is 15.3 Å². The van der Waals surface area contributed by atoms with Crippen LogP contribution in [0.4, 0.5) is 10.5 Å². The molecule has 21 heavy (non-hydrogen) atoms. The Kier molecular flexibility index (Phi) is 4.88. The van der Waals surface area contributed by atoms with Crippen LogP contribution in [0.25, 0.3) is 0 Å². The van der Waals surface area contributed by atoms with Gasteiger partial charge >= 0.3 is 12.0 Å². The number of carboxylic acid groups (broad SMARTS) is 1. The molecule has 1 aliphatic heterocycles. The molecular formula is C15H19BrN2O3. The number of benzene rings is 1. The second kappa shape index (κ2) is 6.47. The lowest BCUT2D eigenvalue weighted by molar-refractivity contribution is 0.0698. The number of carboxylic acids is 1. The zero-order valence-corrected chi connectivity index (χ0v) is 13.7. The Morgan fingerprint density at radius 2 is 2.14 bits per heavy atom. The van der Waals surface area contributed by atoms with E-state index in [2.05, 4.69) is 35.1 Å². The minimum absolute atomic E-state index is 0.0815. The minimum atomic E-state index is -1.06. The zero-order valence-electron chi connectivity index (χ0n) is 12.1. The lowest BCUT2D eigenvalue weighted by Crippen LogP contribution is -2.41. The molecule has 6 heteroatoms. The quantitative estimate of drug-likeness (QED) is 0.867. The van der Waals surface area contributed by atoms with Gasteiger partial charge in [-0.1, -0.05) is 29.8 Å². The van der Waals surface area contributed by atoms with Gasteiger partial charge in [0.1, 0.15) is 0 Å². The average molecular weight is 355 g/mol. The second-order valence-corrected chi connectivity index (χ2v) is 6.49. The van der Waals surface area contributed by atoms with Gasteiger partial charge in [0.15, 0.2) is 0 Å². The van der Waals surface area contributed by atoms with E-state index in [0.29, 0.717) is 22.6 Å². The molecular weight excluding hydrogens is 336 g/mol. The van der Waals surface area contributed by atoms with Gasteiger partial charge in [0, 0.05) is 17.1 Å². The van der Waals surface area contributed by atoms with E-state index < -0.39 is 5.97 Å². The van der Waals surface area contributed by atoms with Crippen LogP contribution in [-0.4, -0.2) is 34.6 Å². The van der Waals surface area contributed by atoms with E-state index in [1.54, 1.807) is 17.0 Å². The molecule has 0 radical (unpaired) electrons. The summed E-state index contributed by atoms with van der Waals surface area (Å²) in [7, 11) is 0. The molecule has 114 valence electrons. The van der Waals surface area contributed by atoms with Gasteiger partial charge in [-0.2, -0.15) is 0 Å². The van der Waals surface area contributed by atoms with Gasteiger partial charge in [-0.3, -0.25) is 0 Å². The van der Waals surface area contributed by atoms with Crippen molar-refractivity contribution in [3.8, 4) is 0 Å². The number of carbonyl (C=O) groups is 2. The van der Waals surface area contributed by atoms with Crippen LogP contribution in [0.5, 0.6) is 0 Å². The number of nitrogens with zero attached hydrogens (tertiary/aromatic N) is 1. The van der Waals surface area contributed by atoms with Crippen LogP contribution in [0.3, 0.4) is 0 Å². The number of aromatic carboxylic acids is 1. The van der Waals surface area contributed by atoms with E-state index in [9.17, 15) is 14.7 Å². The van der Waals surface area contributed by atoms with Crippen LogP contribution in [0.2, 0.25) is 0 Å². The van der Waals surface area contributed by atoms with Crippen molar-refractivity contribution in [2.75, 3.05) is 11.9 Å². The highest BCUT2D eigenvalue weighted by Crippen LogP contribution is 2.26. The van der Waals surface area contributed by atoms with Gasteiger partial charge in [0.05, 0.1) is 11.3 Å². The number of hydrogen-bond acceptors (Lipinski definition) is 2. The highest BCUT2D eigenvalue weighted by Gasteiger charge is 2.31. The third kappa shape index (κ3) is 3.56. The summed E-state index contributed by atoms with van der Waals surface area (Å²) in [6.07, 6.45) is 1.99. The van der Waals surface area contributed by atoms with Crippen molar-refractivity contribution in [2.45, 2.75) is 32.7 Å². The molecule has 1 unspecified atom stereocenters. The molecule has 2 rings (SSSR count). The Labute approximate surface area is 132 Å². The minimum Gasteiger partial charge on any atom is -0.478 e. The van der Waals surface area contributed by atoms with Crippen molar-refractivity contribution >= 4 is 33.6 Å². The third-order valence-corrected chi connectivity index (χ3v) is 4.28.